The van der Waals surface area contributed by atoms with Crippen LogP contribution in [0.4, 0.5) is 0 Å². The summed E-state index contributed by atoms with van der Waals surface area (Å²) in [6, 6.07) is 15.1. The molecule has 0 bridgehead atoms. The molecule has 0 saturated heterocycles. The first kappa shape index (κ1) is 17.5. The molecule has 0 spiro atoms. The number of hydrogen-bond acceptors (Lipinski definition) is 4. The Balaban J connectivity index is 1.86. The Bertz CT molecular complexity index is 696. The van der Waals surface area contributed by atoms with Crippen LogP contribution in [0.5, 0.6) is 5.75 Å². The van der Waals surface area contributed by atoms with Gasteiger partial charge in [0.25, 0.3) is 5.91 Å². The van der Waals surface area contributed by atoms with Crippen LogP contribution in [0.3, 0.4) is 0 Å². The minimum Gasteiger partial charge on any atom is -0.492 e. The summed E-state index contributed by atoms with van der Waals surface area (Å²) in [5.74, 6) is 0.774. The molecule has 0 radical (unpaired) electrons. The van der Waals surface area contributed by atoms with Crippen LogP contribution in [0, 0.1) is 6.92 Å². The number of carbonyl (C=O) groups is 1. The predicted molar refractivity (Wildman–Crippen MR) is 94.7 cm³/mol. The van der Waals surface area contributed by atoms with Crippen LogP contribution in [-0.4, -0.2) is 44.3 Å². The molecule has 5 nitrogen and oxygen atoms in total. The highest BCUT2D eigenvalue weighted by Crippen LogP contribution is 2.12. The third kappa shape index (κ3) is 5.12. The fourth-order valence-corrected chi connectivity index (χ4v) is 2.15. The van der Waals surface area contributed by atoms with Gasteiger partial charge in [-0.25, -0.2) is 0 Å². The van der Waals surface area contributed by atoms with E-state index in [9.17, 15) is 4.79 Å². The molecule has 24 heavy (non-hydrogen) atoms. The molecule has 0 aliphatic heterocycles. The largest absolute Gasteiger partial charge is 0.492 e. The highest BCUT2D eigenvalue weighted by Gasteiger charge is 2.11. The average Bonchev–Trinajstić information content (AvgIpc) is 2.60. The number of rotatable bonds is 7. The normalized spacial score (nSPS) is 10.6. The Kier molecular flexibility index (Phi) is 6.37. The third-order valence-electron chi connectivity index (χ3n) is 3.50. The minimum atomic E-state index is -0.0435. The highest BCUT2D eigenvalue weighted by atomic mass is 16.6. The Morgan fingerprint density at radius 1 is 1.21 bits per heavy atom. The van der Waals surface area contributed by atoms with Crippen LogP contribution < -0.4 is 4.74 Å². The number of benzene rings is 2. The summed E-state index contributed by atoms with van der Waals surface area (Å²) in [5, 5.41) is 3.69. The van der Waals surface area contributed by atoms with Gasteiger partial charge in [-0.2, -0.15) is 0 Å². The zero-order chi connectivity index (χ0) is 17.4. The van der Waals surface area contributed by atoms with Gasteiger partial charge in [-0.05, 0) is 42.3 Å². The lowest BCUT2D eigenvalue weighted by molar-refractivity contribution is 0.0774. The van der Waals surface area contributed by atoms with E-state index in [4.69, 9.17) is 4.74 Å². The molecule has 0 fully saturated rings. The minimum absolute atomic E-state index is 0.0435. The number of likely N-dealkylation sites (N-methyl/N-ethyl adjacent to an activating group) is 1. The number of hydrogen-bond donors (Lipinski definition) is 0. The van der Waals surface area contributed by atoms with Crippen molar-refractivity contribution in [1.82, 2.24) is 4.90 Å². The van der Waals surface area contributed by atoms with E-state index in [1.165, 1.54) is 7.11 Å². The van der Waals surface area contributed by atoms with Crippen LogP contribution in [-0.2, 0) is 4.84 Å². The Morgan fingerprint density at radius 2 is 1.96 bits per heavy atom. The molecule has 1 amide bonds. The van der Waals surface area contributed by atoms with Crippen molar-refractivity contribution in [2.45, 2.75) is 6.92 Å². The molecular formula is C19H22N2O3. The van der Waals surface area contributed by atoms with Gasteiger partial charge in [-0.15, -0.1) is 0 Å². The van der Waals surface area contributed by atoms with Gasteiger partial charge in [0.2, 0.25) is 0 Å². The summed E-state index contributed by atoms with van der Waals surface area (Å²) in [6.07, 6.45) is 1.59. The van der Waals surface area contributed by atoms with E-state index >= 15 is 0 Å². The Morgan fingerprint density at radius 3 is 2.62 bits per heavy atom. The van der Waals surface area contributed by atoms with E-state index in [0.717, 1.165) is 16.9 Å². The first-order valence-electron chi connectivity index (χ1n) is 7.71. The summed E-state index contributed by atoms with van der Waals surface area (Å²) >= 11 is 0. The van der Waals surface area contributed by atoms with Gasteiger partial charge in [0.05, 0.1) is 12.8 Å². The zero-order valence-electron chi connectivity index (χ0n) is 14.2. The van der Waals surface area contributed by atoms with Crippen LogP contribution in [0.15, 0.2) is 53.7 Å². The van der Waals surface area contributed by atoms with E-state index in [1.54, 1.807) is 30.3 Å². The molecule has 0 N–H and O–H groups in total. The van der Waals surface area contributed by atoms with Crippen LogP contribution >= 0.6 is 0 Å². The van der Waals surface area contributed by atoms with Crippen LogP contribution in [0.1, 0.15) is 21.5 Å². The molecule has 5 heteroatoms. The predicted octanol–water partition coefficient (Wildman–Crippen LogP) is 3.13. The maximum atomic E-state index is 12.4. The van der Waals surface area contributed by atoms with E-state index in [-0.39, 0.29) is 5.91 Å². The molecule has 0 heterocycles. The summed E-state index contributed by atoms with van der Waals surface area (Å²) in [5.41, 5.74) is 2.65. The van der Waals surface area contributed by atoms with Crippen molar-refractivity contribution in [2.75, 3.05) is 27.3 Å². The maximum Gasteiger partial charge on any atom is 0.253 e. The lowest BCUT2D eigenvalue weighted by atomic mass is 10.1. The summed E-state index contributed by atoms with van der Waals surface area (Å²) < 4.78 is 5.68. The number of oxime groups is 1. The van der Waals surface area contributed by atoms with E-state index in [1.807, 2.05) is 43.3 Å². The van der Waals surface area contributed by atoms with Crippen LogP contribution in [0.25, 0.3) is 0 Å². The van der Waals surface area contributed by atoms with Crippen molar-refractivity contribution < 1.29 is 14.4 Å². The molecule has 0 aliphatic carbocycles. The lowest BCUT2D eigenvalue weighted by Crippen LogP contribution is -2.30. The van der Waals surface area contributed by atoms with Crippen molar-refractivity contribution in [1.29, 1.82) is 0 Å². The topological polar surface area (TPSA) is 51.1 Å². The molecule has 0 saturated carbocycles. The SMILES string of the molecule is CO/N=C/c1ccc(C(=O)N(C)CCOc2cccc(C)c2)cc1. The standard InChI is InChI=1S/C19H22N2O3/c1-15-5-4-6-18(13-15)24-12-11-21(2)19(22)17-9-7-16(8-10-17)14-20-23-3/h4-10,13-14H,11-12H2,1-3H3/b20-14+. The number of carbonyl (C=O) groups excluding carboxylic acids is 1. The molecule has 2 rings (SSSR count). The summed E-state index contributed by atoms with van der Waals surface area (Å²) in [4.78, 5) is 18.7. The average molecular weight is 326 g/mol. The van der Waals surface area contributed by atoms with Crippen molar-refractivity contribution in [3.05, 3.63) is 65.2 Å². The first-order valence-corrected chi connectivity index (χ1v) is 7.71. The number of nitrogens with zero attached hydrogens (tertiary/aromatic N) is 2. The molecule has 0 aromatic heterocycles. The van der Waals surface area contributed by atoms with Crippen molar-refractivity contribution in [2.24, 2.45) is 5.16 Å². The Hall–Kier alpha value is -2.82. The second kappa shape index (κ2) is 8.72. The van der Waals surface area contributed by atoms with E-state index < -0.39 is 0 Å². The maximum absolute atomic E-state index is 12.4. The van der Waals surface area contributed by atoms with Crippen LogP contribution in [0.2, 0.25) is 0 Å². The summed E-state index contributed by atoms with van der Waals surface area (Å²) in [6.45, 7) is 2.98. The van der Waals surface area contributed by atoms with Crippen molar-refractivity contribution in [3.63, 3.8) is 0 Å². The molecular weight excluding hydrogens is 304 g/mol. The Labute approximate surface area is 142 Å². The third-order valence-corrected chi connectivity index (χ3v) is 3.50. The summed E-state index contributed by atoms with van der Waals surface area (Å²) in [7, 11) is 3.25. The van der Waals surface area contributed by atoms with Gasteiger partial charge in [0.15, 0.2) is 0 Å². The fraction of sp³-hybridized carbons (Fsp3) is 0.263. The van der Waals surface area contributed by atoms with E-state index in [0.29, 0.717) is 18.7 Å². The molecule has 0 aliphatic rings. The quantitative estimate of drug-likeness (QED) is 0.580. The second-order valence-electron chi connectivity index (χ2n) is 5.43. The lowest BCUT2D eigenvalue weighted by Gasteiger charge is -2.17. The second-order valence-corrected chi connectivity index (χ2v) is 5.43. The highest BCUT2D eigenvalue weighted by molar-refractivity contribution is 5.94. The molecule has 0 unspecified atom stereocenters. The molecule has 126 valence electrons. The van der Waals surface area contributed by atoms with Gasteiger partial charge in [-0.1, -0.05) is 29.4 Å². The smallest absolute Gasteiger partial charge is 0.253 e. The monoisotopic (exact) mass is 326 g/mol. The van der Waals surface area contributed by atoms with Gasteiger partial charge in [-0.3, -0.25) is 4.79 Å². The molecule has 0 atom stereocenters. The van der Waals surface area contributed by atoms with Crippen molar-refractivity contribution >= 4 is 12.1 Å². The zero-order valence-corrected chi connectivity index (χ0v) is 14.2. The first-order chi connectivity index (χ1) is 11.6. The van der Waals surface area contributed by atoms with Gasteiger partial charge in [0, 0.05) is 12.6 Å². The van der Waals surface area contributed by atoms with Crippen molar-refractivity contribution in [3.8, 4) is 5.75 Å². The fourth-order valence-electron chi connectivity index (χ4n) is 2.15. The number of ether oxygens (including phenoxy) is 1. The number of aryl methyl sites for hydroxylation is 1. The molecule has 2 aromatic rings. The number of amides is 1. The van der Waals surface area contributed by atoms with E-state index in [2.05, 4.69) is 9.99 Å². The van der Waals surface area contributed by atoms with Gasteiger partial charge < -0.3 is 14.5 Å². The van der Waals surface area contributed by atoms with Gasteiger partial charge in [0.1, 0.15) is 19.5 Å². The molecule has 2 aromatic carbocycles. The van der Waals surface area contributed by atoms with Gasteiger partial charge >= 0.3 is 0 Å².